The Morgan fingerprint density at radius 1 is 0.964 bits per heavy atom. The SMILES string of the molecule is CNc1nn(CN2CCN(C(c3ccccc3)c3ccccc3)CC2)c(=S)s1. The topological polar surface area (TPSA) is 36.3 Å². The summed E-state index contributed by atoms with van der Waals surface area (Å²) in [6, 6.07) is 21.9. The molecule has 28 heavy (non-hydrogen) atoms. The van der Waals surface area contributed by atoms with Crippen LogP contribution in [0.3, 0.4) is 0 Å². The van der Waals surface area contributed by atoms with Crippen molar-refractivity contribution >= 4 is 28.7 Å². The predicted octanol–water partition coefficient (Wildman–Crippen LogP) is 4.08. The molecule has 2 heterocycles. The molecule has 0 radical (unpaired) electrons. The zero-order valence-electron chi connectivity index (χ0n) is 16.0. The molecule has 0 saturated carbocycles. The highest BCUT2D eigenvalue weighted by atomic mass is 32.1. The van der Waals surface area contributed by atoms with Crippen LogP contribution in [0.15, 0.2) is 60.7 Å². The molecule has 1 fully saturated rings. The molecule has 0 amide bonds. The average Bonchev–Trinajstić information content (AvgIpc) is 3.10. The van der Waals surface area contributed by atoms with Crippen LogP contribution >= 0.6 is 23.6 Å². The summed E-state index contributed by atoms with van der Waals surface area (Å²) in [5, 5.41) is 8.49. The Labute approximate surface area is 175 Å². The highest BCUT2D eigenvalue weighted by molar-refractivity contribution is 7.73. The smallest absolute Gasteiger partial charge is 0.204 e. The monoisotopic (exact) mass is 411 g/mol. The minimum atomic E-state index is 0.293. The van der Waals surface area contributed by atoms with Crippen LogP contribution in [0, 0.1) is 3.95 Å². The van der Waals surface area contributed by atoms with E-state index >= 15 is 0 Å². The number of nitrogens with zero attached hydrogens (tertiary/aromatic N) is 4. The predicted molar refractivity (Wildman–Crippen MR) is 118 cm³/mol. The van der Waals surface area contributed by atoms with Gasteiger partial charge in [0.1, 0.15) is 0 Å². The van der Waals surface area contributed by atoms with Crippen molar-refractivity contribution in [3.05, 3.63) is 75.7 Å². The van der Waals surface area contributed by atoms with Crippen LogP contribution in [0.4, 0.5) is 5.13 Å². The number of aromatic nitrogens is 2. The fraction of sp³-hybridized carbons (Fsp3) is 0.333. The Hall–Kier alpha value is -2.06. The lowest BCUT2D eigenvalue weighted by atomic mass is 9.96. The number of piperazine rings is 1. The van der Waals surface area contributed by atoms with Crippen molar-refractivity contribution in [2.24, 2.45) is 0 Å². The molecule has 1 saturated heterocycles. The first-order valence-electron chi connectivity index (χ1n) is 9.56. The number of hydrogen-bond acceptors (Lipinski definition) is 6. The summed E-state index contributed by atoms with van der Waals surface area (Å²) in [6.07, 6.45) is 0. The number of benzene rings is 2. The normalized spacial score (nSPS) is 15.8. The molecule has 4 rings (SSSR count). The molecule has 1 N–H and O–H groups in total. The van der Waals surface area contributed by atoms with Crippen LogP contribution in [-0.4, -0.2) is 52.8 Å². The summed E-state index contributed by atoms with van der Waals surface area (Å²) >= 11 is 6.96. The second kappa shape index (κ2) is 8.96. The van der Waals surface area contributed by atoms with E-state index < -0.39 is 0 Å². The summed E-state index contributed by atoms with van der Waals surface area (Å²) in [7, 11) is 1.88. The molecule has 0 spiro atoms. The minimum Gasteiger partial charge on any atom is -0.363 e. The van der Waals surface area contributed by atoms with Gasteiger partial charge in [0.15, 0.2) is 3.95 Å². The first-order valence-corrected chi connectivity index (χ1v) is 10.8. The van der Waals surface area contributed by atoms with Crippen LogP contribution in [0.5, 0.6) is 0 Å². The van der Waals surface area contributed by atoms with Gasteiger partial charge in [-0.15, -0.1) is 5.10 Å². The fourth-order valence-corrected chi connectivity index (χ4v) is 4.68. The molecule has 0 atom stereocenters. The maximum atomic E-state index is 5.44. The lowest BCUT2D eigenvalue weighted by molar-refractivity contribution is 0.0848. The van der Waals surface area contributed by atoms with Crippen LogP contribution in [0.2, 0.25) is 0 Å². The summed E-state index contributed by atoms with van der Waals surface area (Å²) in [6.45, 7) is 4.80. The molecular formula is C21H25N5S2. The minimum absolute atomic E-state index is 0.293. The molecule has 7 heteroatoms. The van der Waals surface area contributed by atoms with E-state index in [0.717, 1.165) is 41.9 Å². The maximum absolute atomic E-state index is 5.44. The summed E-state index contributed by atoms with van der Waals surface area (Å²) in [5.74, 6) is 0. The van der Waals surface area contributed by atoms with Crippen molar-refractivity contribution < 1.29 is 0 Å². The van der Waals surface area contributed by atoms with Gasteiger partial charge in [0.05, 0.1) is 12.7 Å². The number of hydrogen-bond donors (Lipinski definition) is 1. The van der Waals surface area contributed by atoms with Crippen molar-refractivity contribution in [1.82, 2.24) is 19.6 Å². The lowest BCUT2D eigenvalue weighted by Gasteiger charge is -2.39. The largest absolute Gasteiger partial charge is 0.363 e. The summed E-state index contributed by atoms with van der Waals surface area (Å²) in [4.78, 5) is 5.01. The third-order valence-electron chi connectivity index (χ3n) is 5.16. The van der Waals surface area contributed by atoms with E-state index in [1.54, 1.807) is 0 Å². The number of anilines is 1. The molecule has 2 aromatic carbocycles. The Bertz CT molecular complexity index is 891. The van der Waals surface area contributed by atoms with E-state index in [-0.39, 0.29) is 0 Å². The van der Waals surface area contributed by atoms with Crippen LogP contribution in [-0.2, 0) is 6.67 Å². The number of rotatable bonds is 6. The van der Waals surface area contributed by atoms with Gasteiger partial charge < -0.3 is 5.32 Å². The summed E-state index contributed by atoms with van der Waals surface area (Å²) < 4.78 is 2.74. The van der Waals surface area contributed by atoms with Crippen molar-refractivity contribution in [2.75, 3.05) is 38.5 Å². The van der Waals surface area contributed by atoms with Gasteiger partial charge in [-0.3, -0.25) is 9.80 Å². The zero-order chi connectivity index (χ0) is 19.3. The second-order valence-electron chi connectivity index (χ2n) is 6.94. The first-order chi connectivity index (χ1) is 13.7. The van der Waals surface area contributed by atoms with Gasteiger partial charge in [0.2, 0.25) is 5.13 Å². The Kier molecular flexibility index (Phi) is 6.17. The van der Waals surface area contributed by atoms with Gasteiger partial charge in [-0.2, -0.15) is 0 Å². The fourth-order valence-electron chi connectivity index (χ4n) is 3.73. The van der Waals surface area contributed by atoms with Gasteiger partial charge in [0, 0.05) is 33.2 Å². The summed E-state index contributed by atoms with van der Waals surface area (Å²) in [5.41, 5.74) is 2.70. The van der Waals surface area contributed by atoms with Crippen LogP contribution < -0.4 is 5.32 Å². The molecule has 3 aromatic rings. The molecular weight excluding hydrogens is 386 g/mol. The Balaban J connectivity index is 1.47. The van der Waals surface area contributed by atoms with Gasteiger partial charge >= 0.3 is 0 Å². The van der Waals surface area contributed by atoms with Gasteiger partial charge in [-0.1, -0.05) is 72.0 Å². The number of nitrogens with one attached hydrogen (secondary N) is 1. The van der Waals surface area contributed by atoms with Crippen LogP contribution in [0.25, 0.3) is 0 Å². The standard InChI is InChI=1S/C21H25N5S2/c1-22-20-23-26(21(27)28-20)16-24-12-14-25(15-13-24)19(17-8-4-2-5-9-17)18-10-6-3-7-11-18/h2-11,19H,12-16H2,1H3,(H,22,23). The highest BCUT2D eigenvalue weighted by Crippen LogP contribution is 2.29. The van der Waals surface area contributed by atoms with Crippen molar-refractivity contribution in [3.8, 4) is 0 Å². The third-order valence-corrected chi connectivity index (χ3v) is 6.48. The van der Waals surface area contributed by atoms with E-state index in [9.17, 15) is 0 Å². The molecule has 1 aromatic heterocycles. The maximum Gasteiger partial charge on any atom is 0.204 e. The van der Waals surface area contributed by atoms with Crippen molar-refractivity contribution in [1.29, 1.82) is 0 Å². The third kappa shape index (κ3) is 4.33. The van der Waals surface area contributed by atoms with E-state index in [4.69, 9.17) is 12.2 Å². The second-order valence-corrected chi connectivity index (χ2v) is 8.56. The molecule has 1 aliphatic rings. The van der Waals surface area contributed by atoms with E-state index in [0.29, 0.717) is 6.04 Å². The van der Waals surface area contributed by atoms with E-state index in [1.807, 2.05) is 11.7 Å². The molecule has 0 aliphatic carbocycles. The van der Waals surface area contributed by atoms with Crippen LogP contribution in [0.1, 0.15) is 17.2 Å². The zero-order valence-corrected chi connectivity index (χ0v) is 17.6. The van der Waals surface area contributed by atoms with E-state index in [1.165, 1.54) is 22.5 Å². The van der Waals surface area contributed by atoms with Crippen molar-refractivity contribution in [2.45, 2.75) is 12.7 Å². The quantitative estimate of drug-likeness (QED) is 0.619. The van der Waals surface area contributed by atoms with Gasteiger partial charge in [-0.05, 0) is 23.3 Å². The molecule has 5 nitrogen and oxygen atoms in total. The van der Waals surface area contributed by atoms with E-state index in [2.05, 4.69) is 80.9 Å². The molecule has 0 bridgehead atoms. The molecule has 0 unspecified atom stereocenters. The van der Waals surface area contributed by atoms with Gasteiger partial charge in [-0.25, -0.2) is 4.68 Å². The Morgan fingerprint density at radius 3 is 2.04 bits per heavy atom. The molecule has 1 aliphatic heterocycles. The van der Waals surface area contributed by atoms with Crippen molar-refractivity contribution in [3.63, 3.8) is 0 Å². The highest BCUT2D eigenvalue weighted by Gasteiger charge is 2.26. The van der Waals surface area contributed by atoms with Gasteiger partial charge in [0.25, 0.3) is 0 Å². The first kappa shape index (κ1) is 19.3. The lowest BCUT2D eigenvalue weighted by Crippen LogP contribution is -2.48. The Morgan fingerprint density at radius 2 is 1.54 bits per heavy atom. The molecule has 146 valence electrons. The average molecular weight is 412 g/mol.